The molecule has 0 amide bonds. The summed E-state index contributed by atoms with van der Waals surface area (Å²) in [7, 11) is 0. The molecule has 0 saturated carbocycles. The Morgan fingerprint density at radius 1 is 0.253 bits per heavy atom. The molecule has 1 unspecified atom stereocenters. The van der Waals surface area contributed by atoms with Crippen LogP contribution in [0.15, 0.2) is 85.1 Å². The first-order chi connectivity index (χ1) is 41.0. The molecule has 0 aliphatic heterocycles. The standard InChI is InChI=1S/C77H136O6/c1-4-7-10-13-16-19-22-25-28-31-33-34-35-36-37-38-39-40-41-42-44-46-49-52-55-58-61-64-67-70-76(79)82-73-74(72-81-75(78)69-66-63-60-57-54-51-48-45-30-27-24-21-18-15-12-9-6-3)83-77(80)71-68-65-62-59-56-53-50-47-43-32-29-26-23-20-17-14-11-8-5-2/h9,12,17-18,20-21,26-27,29-31,33,43,47,74H,4-8,10-11,13-16,19,22-25,28,32,34-42,44-46,48-73H2,1-3H3/b12-9-,20-17-,21-18-,29-26-,30-27-,33-31-,47-43-. The van der Waals surface area contributed by atoms with Crippen LogP contribution in [0.2, 0.25) is 0 Å². The number of carbonyl (C=O) groups excluding carboxylic acids is 3. The van der Waals surface area contributed by atoms with Gasteiger partial charge in [0.05, 0.1) is 0 Å². The number of carbonyl (C=O) groups is 3. The van der Waals surface area contributed by atoms with E-state index in [1.807, 2.05) is 0 Å². The van der Waals surface area contributed by atoms with Crippen LogP contribution in [0.25, 0.3) is 0 Å². The minimum atomic E-state index is -0.790. The largest absolute Gasteiger partial charge is 0.462 e. The second-order valence-electron chi connectivity index (χ2n) is 24.1. The predicted molar refractivity (Wildman–Crippen MR) is 362 cm³/mol. The lowest BCUT2D eigenvalue weighted by Crippen LogP contribution is -2.30. The van der Waals surface area contributed by atoms with Crippen LogP contribution in [0.5, 0.6) is 0 Å². The third-order valence-corrected chi connectivity index (χ3v) is 15.9. The van der Waals surface area contributed by atoms with Crippen LogP contribution in [0.4, 0.5) is 0 Å². The van der Waals surface area contributed by atoms with Crippen molar-refractivity contribution in [2.45, 2.75) is 374 Å². The molecule has 0 spiro atoms. The van der Waals surface area contributed by atoms with Gasteiger partial charge in [-0.05, 0) is 116 Å². The molecular formula is C77H136O6. The molecule has 6 nitrogen and oxygen atoms in total. The molecule has 0 aliphatic rings. The third-order valence-electron chi connectivity index (χ3n) is 15.9. The predicted octanol–water partition coefficient (Wildman–Crippen LogP) is 25.0. The maximum absolute atomic E-state index is 13.0. The highest BCUT2D eigenvalue weighted by Crippen LogP contribution is 2.18. The molecule has 6 heteroatoms. The first-order valence-electron chi connectivity index (χ1n) is 36.1. The van der Waals surface area contributed by atoms with Gasteiger partial charge in [-0.1, -0.05) is 318 Å². The molecule has 0 radical (unpaired) electrons. The fourth-order valence-corrected chi connectivity index (χ4v) is 10.5. The van der Waals surface area contributed by atoms with Gasteiger partial charge in [-0.3, -0.25) is 14.4 Å². The Hall–Kier alpha value is -3.41. The lowest BCUT2D eigenvalue weighted by atomic mass is 10.0. The molecule has 0 saturated heterocycles. The average Bonchev–Trinajstić information content (AvgIpc) is 3.50. The molecule has 0 aromatic rings. The zero-order valence-electron chi connectivity index (χ0n) is 55.2. The lowest BCUT2D eigenvalue weighted by molar-refractivity contribution is -0.167. The van der Waals surface area contributed by atoms with Gasteiger partial charge in [0, 0.05) is 19.3 Å². The van der Waals surface area contributed by atoms with Gasteiger partial charge in [-0.15, -0.1) is 0 Å². The summed E-state index contributed by atoms with van der Waals surface area (Å²) in [5, 5.41) is 0. The molecule has 0 heterocycles. The summed E-state index contributed by atoms with van der Waals surface area (Å²) in [6.45, 7) is 6.53. The average molecular weight is 1160 g/mol. The number of hydrogen-bond donors (Lipinski definition) is 0. The van der Waals surface area contributed by atoms with E-state index in [4.69, 9.17) is 14.2 Å². The quantitative estimate of drug-likeness (QED) is 0.0261. The van der Waals surface area contributed by atoms with Crippen molar-refractivity contribution in [3.63, 3.8) is 0 Å². The summed E-state index contributed by atoms with van der Waals surface area (Å²) in [5.41, 5.74) is 0. The SMILES string of the molecule is CC/C=C\C/C=C\C/C=C\CCCCCCCCCC(=O)OCC(COC(=O)CCCCCCCCCCCCCCCCCCC/C=C\CCCCCCCCCC)OC(=O)CCCCCCCC/C=C\C/C=C\C/C=C\CCCCC. The van der Waals surface area contributed by atoms with E-state index in [0.717, 1.165) is 109 Å². The highest BCUT2D eigenvalue weighted by Gasteiger charge is 2.19. The first-order valence-corrected chi connectivity index (χ1v) is 36.1. The maximum atomic E-state index is 13.0. The molecule has 0 N–H and O–H groups in total. The molecule has 0 aromatic heterocycles. The summed E-state index contributed by atoms with van der Waals surface area (Å²) in [4.78, 5) is 38.5. The Balaban J connectivity index is 4.29. The van der Waals surface area contributed by atoms with E-state index in [-0.39, 0.29) is 31.1 Å². The normalized spacial score (nSPS) is 12.6. The molecule has 83 heavy (non-hydrogen) atoms. The first kappa shape index (κ1) is 79.6. The van der Waals surface area contributed by atoms with Crippen LogP contribution in [0.3, 0.4) is 0 Å². The van der Waals surface area contributed by atoms with Gasteiger partial charge in [-0.25, -0.2) is 0 Å². The van der Waals surface area contributed by atoms with Crippen molar-refractivity contribution in [1.29, 1.82) is 0 Å². The van der Waals surface area contributed by atoms with Crippen LogP contribution in [0.1, 0.15) is 367 Å². The Labute approximate surface area is 515 Å². The third kappa shape index (κ3) is 69.3. The molecular weight excluding hydrogens is 1020 g/mol. The number of esters is 3. The Bertz CT molecular complexity index is 1570. The van der Waals surface area contributed by atoms with Gasteiger partial charge in [0.2, 0.25) is 0 Å². The minimum absolute atomic E-state index is 0.0827. The molecule has 0 bridgehead atoms. The van der Waals surface area contributed by atoms with E-state index >= 15 is 0 Å². The van der Waals surface area contributed by atoms with Gasteiger partial charge in [0.25, 0.3) is 0 Å². The number of rotatable bonds is 66. The molecule has 0 aliphatic carbocycles. The van der Waals surface area contributed by atoms with Crippen molar-refractivity contribution >= 4 is 17.9 Å². The Morgan fingerprint density at radius 2 is 0.470 bits per heavy atom. The summed E-state index contributed by atoms with van der Waals surface area (Å²) >= 11 is 0. The van der Waals surface area contributed by atoms with Gasteiger partial charge >= 0.3 is 17.9 Å². The van der Waals surface area contributed by atoms with E-state index in [9.17, 15) is 14.4 Å². The molecule has 0 fully saturated rings. The summed E-state index contributed by atoms with van der Waals surface area (Å²) in [6, 6.07) is 0. The van der Waals surface area contributed by atoms with E-state index in [2.05, 4.69) is 106 Å². The van der Waals surface area contributed by atoms with E-state index in [1.54, 1.807) is 0 Å². The van der Waals surface area contributed by atoms with Crippen molar-refractivity contribution in [2.75, 3.05) is 13.2 Å². The monoisotopic (exact) mass is 1160 g/mol. The zero-order valence-corrected chi connectivity index (χ0v) is 55.2. The van der Waals surface area contributed by atoms with Crippen molar-refractivity contribution in [3.05, 3.63) is 85.1 Å². The molecule has 0 aromatic carbocycles. The van der Waals surface area contributed by atoms with Crippen LogP contribution in [-0.2, 0) is 28.6 Å². The second kappa shape index (κ2) is 71.1. The van der Waals surface area contributed by atoms with Crippen LogP contribution >= 0.6 is 0 Å². The fraction of sp³-hybridized carbons (Fsp3) is 0.779. The van der Waals surface area contributed by atoms with Gasteiger partial charge in [0.1, 0.15) is 13.2 Å². The second-order valence-corrected chi connectivity index (χ2v) is 24.1. The maximum Gasteiger partial charge on any atom is 0.306 e. The highest BCUT2D eigenvalue weighted by molar-refractivity contribution is 5.71. The van der Waals surface area contributed by atoms with Gasteiger partial charge in [-0.2, -0.15) is 0 Å². The van der Waals surface area contributed by atoms with Crippen molar-refractivity contribution in [2.24, 2.45) is 0 Å². The topological polar surface area (TPSA) is 78.9 Å². The van der Waals surface area contributed by atoms with Crippen LogP contribution < -0.4 is 0 Å². The highest BCUT2D eigenvalue weighted by atomic mass is 16.6. The minimum Gasteiger partial charge on any atom is -0.462 e. The molecule has 1 atom stereocenters. The van der Waals surface area contributed by atoms with Crippen molar-refractivity contribution in [3.8, 4) is 0 Å². The van der Waals surface area contributed by atoms with Crippen molar-refractivity contribution in [1.82, 2.24) is 0 Å². The lowest BCUT2D eigenvalue weighted by Gasteiger charge is -2.18. The van der Waals surface area contributed by atoms with Crippen LogP contribution in [-0.4, -0.2) is 37.2 Å². The van der Waals surface area contributed by atoms with E-state index in [1.165, 1.54) is 218 Å². The fourth-order valence-electron chi connectivity index (χ4n) is 10.5. The summed E-state index contributed by atoms with van der Waals surface area (Å²) in [6.07, 6.45) is 94.7. The summed E-state index contributed by atoms with van der Waals surface area (Å²) < 4.78 is 17.0. The smallest absolute Gasteiger partial charge is 0.306 e. The number of hydrogen-bond acceptors (Lipinski definition) is 6. The Kier molecular flexibility index (Phi) is 68.2. The number of allylic oxidation sites excluding steroid dienone is 14. The van der Waals surface area contributed by atoms with Gasteiger partial charge < -0.3 is 14.2 Å². The number of unbranched alkanes of at least 4 members (excludes halogenated alkanes) is 41. The van der Waals surface area contributed by atoms with Gasteiger partial charge in [0.15, 0.2) is 6.10 Å². The molecule has 0 rings (SSSR count). The Morgan fingerprint density at radius 3 is 0.771 bits per heavy atom. The van der Waals surface area contributed by atoms with E-state index < -0.39 is 6.10 Å². The molecule has 480 valence electrons. The zero-order chi connectivity index (χ0) is 59.9. The van der Waals surface area contributed by atoms with E-state index in [0.29, 0.717) is 19.3 Å². The van der Waals surface area contributed by atoms with Crippen molar-refractivity contribution < 1.29 is 28.6 Å². The van der Waals surface area contributed by atoms with Crippen LogP contribution in [0, 0.1) is 0 Å². The number of ether oxygens (including phenoxy) is 3. The summed E-state index contributed by atoms with van der Waals surface area (Å²) in [5.74, 6) is -0.887.